The number of methoxy groups -OCH3 is 3. The van der Waals surface area contributed by atoms with E-state index in [1.165, 1.54) is 51.7 Å². The normalized spacial score (nSPS) is 10.6. The van der Waals surface area contributed by atoms with Crippen LogP contribution in [-0.4, -0.2) is 29.7 Å². The van der Waals surface area contributed by atoms with Crippen molar-refractivity contribution in [2.75, 3.05) is 26.1 Å². The highest BCUT2D eigenvalue weighted by atomic mass is 32.2. The van der Waals surface area contributed by atoms with E-state index in [1.807, 2.05) is 6.07 Å². The minimum absolute atomic E-state index is 0.0384. The Morgan fingerprint density at radius 2 is 1.58 bits per heavy atom. The Morgan fingerprint density at radius 3 is 2.08 bits per heavy atom. The van der Waals surface area contributed by atoms with Crippen molar-refractivity contribution in [2.45, 2.75) is 4.90 Å². The van der Waals surface area contributed by atoms with Gasteiger partial charge in [0.15, 0.2) is 0 Å². The average Bonchev–Trinajstić information content (AvgIpc) is 2.61. The van der Waals surface area contributed by atoms with Gasteiger partial charge in [-0.15, -0.1) is 0 Å². The number of nitrogens with zero attached hydrogens (tertiary/aromatic N) is 1. The van der Waals surface area contributed by atoms with E-state index in [4.69, 9.17) is 19.5 Å². The number of anilines is 1. The average molecular weight is 348 g/mol. The van der Waals surface area contributed by atoms with Crippen molar-refractivity contribution in [3.8, 4) is 23.3 Å². The van der Waals surface area contributed by atoms with Crippen molar-refractivity contribution in [1.82, 2.24) is 0 Å². The van der Waals surface area contributed by atoms with Gasteiger partial charge in [-0.05, 0) is 12.1 Å². The molecule has 0 saturated carbocycles. The van der Waals surface area contributed by atoms with Gasteiger partial charge >= 0.3 is 0 Å². The van der Waals surface area contributed by atoms with Crippen LogP contribution < -0.4 is 18.9 Å². The van der Waals surface area contributed by atoms with Crippen molar-refractivity contribution >= 4 is 15.7 Å². The van der Waals surface area contributed by atoms with Crippen LogP contribution >= 0.6 is 0 Å². The molecule has 1 N–H and O–H groups in total. The zero-order valence-corrected chi connectivity index (χ0v) is 14.2. The van der Waals surface area contributed by atoms with Gasteiger partial charge in [0.2, 0.25) is 0 Å². The van der Waals surface area contributed by atoms with Gasteiger partial charge in [-0.3, -0.25) is 4.72 Å². The van der Waals surface area contributed by atoms with Gasteiger partial charge in [0, 0.05) is 12.1 Å². The first-order valence-electron chi connectivity index (χ1n) is 6.78. The Labute approximate surface area is 140 Å². The molecule has 0 radical (unpaired) electrons. The Bertz CT molecular complexity index is 863. The monoisotopic (exact) mass is 348 g/mol. The van der Waals surface area contributed by atoms with E-state index in [0.717, 1.165) is 0 Å². The molecule has 0 fully saturated rings. The quantitative estimate of drug-likeness (QED) is 0.861. The second-order valence-electron chi connectivity index (χ2n) is 4.62. The van der Waals surface area contributed by atoms with E-state index < -0.39 is 10.0 Å². The van der Waals surface area contributed by atoms with E-state index in [1.54, 1.807) is 6.07 Å². The van der Waals surface area contributed by atoms with E-state index in [0.29, 0.717) is 5.75 Å². The fourth-order valence-corrected chi connectivity index (χ4v) is 3.33. The van der Waals surface area contributed by atoms with Gasteiger partial charge in [0.25, 0.3) is 10.0 Å². The molecule has 0 heterocycles. The molecule has 24 heavy (non-hydrogen) atoms. The molecule has 0 aromatic heterocycles. The van der Waals surface area contributed by atoms with Crippen LogP contribution in [0.3, 0.4) is 0 Å². The number of hydrogen-bond acceptors (Lipinski definition) is 6. The SMILES string of the molecule is COc1cc(OC)c(NS(=O)(=O)c2ccccc2C#N)c(OC)c1. The smallest absolute Gasteiger partial charge is 0.263 e. The summed E-state index contributed by atoms with van der Waals surface area (Å²) in [5, 5.41) is 9.11. The van der Waals surface area contributed by atoms with Crippen LogP contribution in [0.15, 0.2) is 41.3 Å². The molecular weight excluding hydrogens is 332 g/mol. The summed E-state index contributed by atoms with van der Waals surface area (Å²) in [6, 6.07) is 10.8. The minimum Gasteiger partial charge on any atom is -0.496 e. The summed E-state index contributed by atoms with van der Waals surface area (Å²) < 4.78 is 43.3. The molecule has 8 heteroatoms. The molecule has 0 aliphatic rings. The molecule has 126 valence electrons. The van der Waals surface area contributed by atoms with Crippen LogP contribution in [0.1, 0.15) is 5.56 Å². The summed E-state index contributed by atoms with van der Waals surface area (Å²) in [5.74, 6) is 0.900. The fourth-order valence-electron chi connectivity index (χ4n) is 2.09. The maximum Gasteiger partial charge on any atom is 0.263 e. The Balaban J connectivity index is 2.56. The molecule has 0 amide bonds. The largest absolute Gasteiger partial charge is 0.496 e. The lowest BCUT2D eigenvalue weighted by Gasteiger charge is -2.17. The second-order valence-corrected chi connectivity index (χ2v) is 6.27. The Hall–Kier alpha value is -2.92. The third-order valence-corrected chi connectivity index (χ3v) is 4.66. The van der Waals surface area contributed by atoms with E-state index in [2.05, 4.69) is 4.72 Å². The fraction of sp³-hybridized carbons (Fsp3) is 0.188. The second kappa shape index (κ2) is 7.10. The Morgan fingerprint density at radius 1 is 1.00 bits per heavy atom. The van der Waals surface area contributed by atoms with Crippen LogP contribution in [0.2, 0.25) is 0 Å². The van der Waals surface area contributed by atoms with Crippen molar-refractivity contribution in [3.05, 3.63) is 42.0 Å². The molecule has 0 aliphatic heterocycles. The summed E-state index contributed by atoms with van der Waals surface area (Å²) in [4.78, 5) is -0.132. The third-order valence-electron chi connectivity index (χ3n) is 3.25. The number of sulfonamides is 1. The van der Waals surface area contributed by atoms with Crippen molar-refractivity contribution < 1.29 is 22.6 Å². The highest BCUT2D eigenvalue weighted by Crippen LogP contribution is 2.40. The van der Waals surface area contributed by atoms with Gasteiger partial charge in [0.1, 0.15) is 33.9 Å². The molecule has 0 spiro atoms. The first-order valence-corrected chi connectivity index (χ1v) is 8.27. The molecule has 2 aromatic rings. The first-order chi connectivity index (χ1) is 11.5. The van der Waals surface area contributed by atoms with Crippen molar-refractivity contribution in [1.29, 1.82) is 5.26 Å². The maximum absolute atomic E-state index is 12.7. The van der Waals surface area contributed by atoms with Crippen LogP contribution in [0.25, 0.3) is 0 Å². The highest BCUT2D eigenvalue weighted by Gasteiger charge is 2.23. The lowest BCUT2D eigenvalue weighted by atomic mass is 10.2. The van der Waals surface area contributed by atoms with Gasteiger partial charge in [-0.25, -0.2) is 8.42 Å². The summed E-state index contributed by atoms with van der Waals surface area (Å²) in [5.41, 5.74) is 0.157. The molecule has 0 aliphatic carbocycles. The third kappa shape index (κ3) is 3.36. The zero-order chi connectivity index (χ0) is 17.7. The molecule has 0 saturated heterocycles. The van der Waals surface area contributed by atoms with Crippen LogP contribution in [0.4, 0.5) is 5.69 Å². The first kappa shape index (κ1) is 17.4. The Kier molecular flexibility index (Phi) is 5.16. The number of hydrogen-bond donors (Lipinski definition) is 1. The lowest BCUT2D eigenvalue weighted by Crippen LogP contribution is -2.15. The topological polar surface area (TPSA) is 97.6 Å². The van der Waals surface area contributed by atoms with Crippen LogP contribution in [0.5, 0.6) is 17.2 Å². The number of benzene rings is 2. The van der Waals surface area contributed by atoms with Gasteiger partial charge < -0.3 is 14.2 Å². The molecule has 0 unspecified atom stereocenters. The summed E-state index contributed by atoms with van der Waals surface area (Å²) >= 11 is 0. The van der Waals surface area contributed by atoms with Gasteiger partial charge in [-0.1, -0.05) is 12.1 Å². The van der Waals surface area contributed by atoms with E-state index >= 15 is 0 Å². The summed E-state index contributed by atoms with van der Waals surface area (Å²) in [6.07, 6.45) is 0. The number of ether oxygens (including phenoxy) is 3. The van der Waals surface area contributed by atoms with Crippen LogP contribution in [0, 0.1) is 11.3 Å². The lowest BCUT2D eigenvalue weighted by molar-refractivity contribution is 0.378. The van der Waals surface area contributed by atoms with Gasteiger partial charge in [0.05, 0.1) is 26.9 Å². The summed E-state index contributed by atoms with van der Waals surface area (Å²) in [7, 11) is 0.255. The zero-order valence-electron chi connectivity index (χ0n) is 13.4. The van der Waals surface area contributed by atoms with Crippen molar-refractivity contribution in [2.24, 2.45) is 0 Å². The van der Waals surface area contributed by atoms with Crippen LogP contribution in [-0.2, 0) is 10.0 Å². The van der Waals surface area contributed by atoms with Crippen molar-refractivity contribution in [3.63, 3.8) is 0 Å². The van der Waals surface area contributed by atoms with E-state index in [-0.39, 0.29) is 27.6 Å². The summed E-state index contributed by atoms with van der Waals surface area (Å²) in [6.45, 7) is 0. The number of nitrogens with one attached hydrogen (secondary N) is 1. The van der Waals surface area contributed by atoms with E-state index in [9.17, 15) is 8.42 Å². The molecule has 0 bridgehead atoms. The molecule has 0 atom stereocenters. The highest BCUT2D eigenvalue weighted by molar-refractivity contribution is 7.92. The molecular formula is C16H16N2O5S. The predicted octanol–water partition coefficient (Wildman–Crippen LogP) is 2.38. The predicted molar refractivity (Wildman–Crippen MR) is 88.1 cm³/mol. The van der Waals surface area contributed by atoms with Gasteiger partial charge in [-0.2, -0.15) is 5.26 Å². The maximum atomic E-state index is 12.7. The number of rotatable bonds is 6. The number of nitriles is 1. The molecule has 2 aromatic carbocycles. The molecule has 7 nitrogen and oxygen atoms in total. The molecule has 2 rings (SSSR count). The standard InChI is InChI=1S/C16H16N2O5S/c1-21-12-8-13(22-2)16(14(9-12)23-3)18-24(19,20)15-7-5-4-6-11(15)10-17/h4-9,18H,1-3H3. The minimum atomic E-state index is -4.01.